The number of nitrogens with one attached hydrogen (secondary N) is 1. The summed E-state index contributed by atoms with van der Waals surface area (Å²) in [6.45, 7) is 3.73. The lowest BCUT2D eigenvalue weighted by Gasteiger charge is -2.15. The molecule has 0 spiro atoms. The Morgan fingerprint density at radius 2 is 2.14 bits per heavy atom. The molecule has 1 N–H and O–H groups in total. The topological polar surface area (TPSA) is 51.2 Å². The van der Waals surface area contributed by atoms with Gasteiger partial charge >= 0.3 is 5.97 Å². The SMILES string of the molecule is COC(=O)c1sc(NC(C)c2ccc(Cl)cc2Cl)nc1C. The summed E-state index contributed by atoms with van der Waals surface area (Å²) in [6, 6.07) is 5.28. The predicted octanol–water partition coefficient (Wildman–Crippen LogP) is 4.72. The van der Waals surface area contributed by atoms with E-state index in [1.807, 2.05) is 13.0 Å². The maximum absolute atomic E-state index is 11.6. The van der Waals surface area contributed by atoms with Gasteiger partial charge in [-0.2, -0.15) is 0 Å². The molecular weight excluding hydrogens is 331 g/mol. The number of anilines is 1. The molecule has 21 heavy (non-hydrogen) atoms. The zero-order valence-corrected chi connectivity index (χ0v) is 14.1. The maximum atomic E-state index is 11.6. The van der Waals surface area contributed by atoms with Crippen LogP contribution in [0.15, 0.2) is 18.2 Å². The van der Waals surface area contributed by atoms with Crippen molar-refractivity contribution in [3.05, 3.63) is 44.4 Å². The van der Waals surface area contributed by atoms with Crippen LogP contribution < -0.4 is 5.32 Å². The number of halogens is 2. The summed E-state index contributed by atoms with van der Waals surface area (Å²) < 4.78 is 4.72. The van der Waals surface area contributed by atoms with Crippen molar-refractivity contribution in [1.29, 1.82) is 0 Å². The average Bonchev–Trinajstić information content (AvgIpc) is 2.78. The lowest BCUT2D eigenvalue weighted by molar-refractivity contribution is 0.0605. The number of nitrogens with zero attached hydrogens (tertiary/aromatic N) is 1. The van der Waals surface area contributed by atoms with Crippen molar-refractivity contribution in [3.63, 3.8) is 0 Å². The second-order valence-corrected chi connectivity index (χ2v) is 6.30. The van der Waals surface area contributed by atoms with Gasteiger partial charge in [-0.1, -0.05) is 40.6 Å². The van der Waals surface area contributed by atoms with Crippen molar-refractivity contribution in [2.24, 2.45) is 0 Å². The molecule has 0 bridgehead atoms. The number of thiazole rings is 1. The van der Waals surface area contributed by atoms with Gasteiger partial charge in [0.15, 0.2) is 5.13 Å². The summed E-state index contributed by atoms with van der Waals surface area (Å²) in [5, 5.41) is 5.05. The van der Waals surface area contributed by atoms with Crippen molar-refractivity contribution in [2.45, 2.75) is 19.9 Å². The van der Waals surface area contributed by atoms with E-state index in [9.17, 15) is 4.79 Å². The molecule has 0 fully saturated rings. The summed E-state index contributed by atoms with van der Waals surface area (Å²) in [5.74, 6) is -0.379. The number of aromatic nitrogens is 1. The highest BCUT2D eigenvalue weighted by Gasteiger charge is 2.17. The fourth-order valence-electron chi connectivity index (χ4n) is 1.86. The van der Waals surface area contributed by atoms with Crippen molar-refractivity contribution in [2.75, 3.05) is 12.4 Å². The van der Waals surface area contributed by atoms with Crippen LogP contribution in [0.3, 0.4) is 0 Å². The Hall–Kier alpha value is -1.30. The van der Waals surface area contributed by atoms with Gasteiger partial charge in [-0.15, -0.1) is 0 Å². The van der Waals surface area contributed by atoms with Crippen LogP contribution in [0.5, 0.6) is 0 Å². The molecule has 0 saturated heterocycles. The second-order valence-electron chi connectivity index (χ2n) is 4.46. The fourth-order valence-corrected chi connectivity index (χ4v) is 3.40. The molecule has 112 valence electrons. The number of esters is 1. The first-order chi connectivity index (χ1) is 9.92. The Morgan fingerprint density at radius 1 is 1.43 bits per heavy atom. The highest BCUT2D eigenvalue weighted by atomic mass is 35.5. The summed E-state index contributed by atoms with van der Waals surface area (Å²) in [7, 11) is 1.35. The number of carbonyl (C=O) groups is 1. The van der Waals surface area contributed by atoms with E-state index in [0.717, 1.165) is 5.56 Å². The Balaban J connectivity index is 2.19. The second kappa shape index (κ2) is 6.64. The normalized spacial score (nSPS) is 12.0. The van der Waals surface area contributed by atoms with Crippen LogP contribution in [0.25, 0.3) is 0 Å². The number of rotatable bonds is 4. The van der Waals surface area contributed by atoms with Crippen LogP contribution in [0.1, 0.15) is 33.9 Å². The highest BCUT2D eigenvalue weighted by molar-refractivity contribution is 7.17. The summed E-state index contributed by atoms with van der Waals surface area (Å²) >= 11 is 13.3. The molecule has 1 aromatic heterocycles. The average molecular weight is 345 g/mol. The third kappa shape index (κ3) is 3.67. The van der Waals surface area contributed by atoms with Gasteiger partial charge < -0.3 is 10.1 Å². The Bertz CT molecular complexity index is 673. The van der Waals surface area contributed by atoms with Crippen LogP contribution in [0, 0.1) is 6.92 Å². The van der Waals surface area contributed by atoms with E-state index >= 15 is 0 Å². The van der Waals surface area contributed by atoms with E-state index < -0.39 is 0 Å². The molecule has 7 heteroatoms. The molecule has 1 atom stereocenters. The van der Waals surface area contributed by atoms with E-state index in [1.165, 1.54) is 18.4 Å². The molecule has 0 aliphatic rings. The monoisotopic (exact) mass is 344 g/mol. The number of aryl methyl sites for hydroxylation is 1. The zero-order valence-electron chi connectivity index (χ0n) is 11.7. The van der Waals surface area contributed by atoms with Gasteiger partial charge in [-0.05, 0) is 31.5 Å². The molecule has 0 aliphatic carbocycles. The highest BCUT2D eigenvalue weighted by Crippen LogP contribution is 2.31. The Morgan fingerprint density at radius 3 is 2.76 bits per heavy atom. The lowest BCUT2D eigenvalue weighted by atomic mass is 10.1. The van der Waals surface area contributed by atoms with Gasteiger partial charge in [0.1, 0.15) is 4.88 Å². The van der Waals surface area contributed by atoms with Crippen LogP contribution in [0.2, 0.25) is 10.0 Å². The maximum Gasteiger partial charge on any atom is 0.350 e. The standard InChI is InChI=1S/C14H14Cl2N2O2S/c1-7(10-5-4-9(15)6-11(10)16)17-14-18-8(2)12(21-14)13(19)20-3/h4-7H,1-3H3,(H,17,18). The van der Waals surface area contributed by atoms with E-state index in [2.05, 4.69) is 10.3 Å². The van der Waals surface area contributed by atoms with Crippen LogP contribution in [-0.2, 0) is 4.74 Å². The molecule has 1 unspecified atom stereocenters. The quantitative estimate of drug-likeness (QED) is 0.815. The van der Waals surface area contributed by atoms with Gasteiger partial charge in [0.05, 0.1) is 18.8 Å². The first kappa shape index (κ1) is 16.1. The van der Waals surface area contributed by atoms with Gasteiger partial charge in [-0.25, -0.2) is 9.78 Å². The van der Waals surface area contributed by atoms with Crippen molar-refractivity contribution in [1.82, 2.24) is 4.98 Å². The van der Waals surface area contributed by atoms with Crippen molar-refractivity contribution in [3.8, 4) is 0 Å². The molecule has 2 aromatic rings. The summed E-state index contributed by atoms with van der Waals surface area (Å²) in [5.41, 5.74) is 1.55. The molecular formula is C14H14Cl2N2O2S. The minimum absolute atomic E-state index is 0.0641. The summed E-state index contributed by atoms with van der Waals surface area (Å²) in [4.78, 5) is 16.4. The lowest BCUT2D eigenvalue weighted by Crippen LogP contribution is -2.06. The van der Waals surface area contributed by atoms with Crippen LogP contribution in [0.4, 0.5) is 5.13 Å². The van der Waals surface area contributed by atoms with Gasteiger partial charge in [0, 0.05) is 10.0 Å². The number of benzene rings is 1. The largest absolute Gasteiger partial charge is 0.465 e. The van der Waals surface area contributed by atoms with Gasteiger partial charge in [0.2, 0.25) is 0 Å². The van der Waals surface area contributed by atoms with E-state index in [4.69, 9.17) is 27.9 Å². The summed E-state index contributed by atoms with van der Waals surface area (Å²) in [6.07, 6.45) is 0. The van der Waals surface area contributed by atoms with E-state index in [1.54, 1.807) is 19.1 Å². The predicted molar refractivity (Wildman–Crippen MR) is 86.7 cm³/mol. The van der Waals surface area contributed by atoms with Crippen LogP contribution >= 0.6 is 34.5 Å². The first-order valence-electron chi connectivity index (χ1n) is 6.19. The molecule has 2 rings (SSSR count). The molecule has 4 nitrogen and oxygen atoms in total. The molecule has 0 saturated carbocycles. The molecule has 1 heterocycles. The van der Waals surface area contributed by atoms with Gasteiger partial charge in [-0.3, -0.25) is 0 Å². The minimum atomic E-state index is -0.379. The molecule has 0 radical (unpaired) electrons. The van der Waals surface area contributed by atoms with E-state index in [-0.39, 0.29) is 12.0 Å². The number of hydrogen-bond acceptors (Lipinski definition) is 5. The number of hydrogen-bond donors (Lipinski definition) is 1. The molecule has 1 aromatic carbocycles. The van der Waals surface area contributed by atoms with Crippen LogP contribution in [-0.4, -0.2) is 18.1 Å². The molecule has 0 aliphatic heterocycles. The molecule has 0 amide bonds. The Kier molecular flexibility index (Phi) is 5.08. The third-order valence-electron chi connectivity index (χ3n) is 2.94. The first-order valence-corrected chi connectivity index (χ1v) is 7.77. The Labute approximate surface area is 137 Å². The van der Waals surface area contributed by atoms with Crippen molar-refractivity contribution >= 4 is 45.6 Å². The third-order valence-corrected chi connectivity index (χ3v) is 4.57. The number of carbonyl (C=O) groups excluding carboxylic acids is 1. The number of methoxy groups -OCH3 is 1. The fraction of sp³-hybridized carbons (Fsp3) is 0.286. The smallest absolute Gasteiger partial charge is 0.350 e. The minimum Gasteiger partial charge on any atom is -0.465 e. The zero-order chi connectivity index (χ0) is 15.6. The number of ether oxygens (including phenoxy) is 1. The van der Waals surface area contributed by atoms with Gasteiger partial charge in [0.25, 0.3) is 0 Å². The van der Waals surface area contributed by atoms with E-state index in [0.29, 0.717) is 25.7 Å². The van der Waals surface area contributed by atoms with Crippen molar-refractivity contribution < 1.29 is 9.53 Å².